The second-order valence-electron chi connectivity index (χ2n) is 4.93. The number of methoxy groups -OCH3 is 1. The number of nitrogens with zero attached hydrogens (tertiary/aromatic N) is 1. The summed E-state index contributed by atoms with van der Waals surface area (Å²) in [6, 6.07) is 2.58. The summed E-state index contributed by atoms with van der Waals surface area (Å²) in [5, 5.41) is 3.61. The van der Waals surface area contributed by atoms with Gasteiger partial charge >= 0.3 is 0 Å². The molecular weight excluding hydrogens is 292 g/mol. The number of nitrogens with one attached hydrogen (secondary N) is 1. The van der Waals surface area contributed by atoms with Crippen LogP contribution in [0.2, 0.25) is 0 Å². The van der Waals surface area contributed by atoms with Gasteiger partial charge in [0, 0.05) is 17.8 Å². The van der Waals surface area contributed by atoms with Gasteiger partial charge in [-0.1, -0.05) is 6.08 Å². The van der Waals surface area contributed by atoms with E-state index in [1.165, 1.54) is 30.4 Å². The molecule has 3 rings (SSSR count). The highest BCUT2D eigenvalue weighted by molar-refractivity contribution is 9.10. The highest BCUT2D eigenvalue weighted by atomic mass is 79.9. The summed E-state index contributed by atoms with van der Waals surface area (Å²) in [6.07, 6.45) is 8.06. The third kappa shape index (κ3) is 2.08. The summed E-state index contributed by atoms with van der Waals surface area (Å²) in [5.41, 5.74) is 2.57. The van der Waals surface area contributed by atoms with Gasteiger partial charge in [-0.25, -0.2) is 4.98 Å². The van der Waals surface area contributed by atoms with Crippen LogP contribution in [0.25, 0.3) is 5.57 Å². The topological polar surface area (TPSA) is 34.1 Å². The normalized spacial score (nSPS) is 26.7. The number of hydrogen-bond donors (Lipinski definition) is 1. The van der Waals surface area contributed by atoms with Crippen LogP contribution in [0.1, 0.15) is 24.8 Å². The van der Waals surface area contributed by atoms with Gasteiger partial charge in [-0.15, -0.1) is 0 Å². The standard InChI is InChI=1S/C14H17BrN2O/c1-18-12-7-10(8-17-14(12)15)11-4-2-3-9-5-6-16-13(9)11/h4,7-9,13,16H,2-3,5-6H2,1H3. The van der Waals surface area contributed by atoms with Crippen LogP contribution in [-0.2, 0) is 0 Å². The first-order chi connectivity index (χ1) is 8.79. The number of aromatic nitrogens is 1. The average molecular weight is 309 g/mol. The van der Waals surface area contributed by atoms with Gasteiger partial charge in [0.05, 0.1) is 7.11 Å². The van der Waals surface area contributed by atoms with Gasteiger partial charge in [0.1, 0.15) is 4.60 Å². The highest BCUT2D eigenvalue weighted by Gasteiger charge is 2.32. The van der Waals surface area contributed by atoms with E-state index in [1.807, 2.05) is 6.20 Å². The Hall–Kier alpha value is -0.870. The molecule has 18 heavy (non-hydrogen) atoms. The van der Waals surface area contributed by atoms with Crippen LogP contribution in [0.15, 0.2) is 22.9 Å². The average Bonchev–Trinajstić information content (AvgIpc) is 2.87. The Morgan fingerprint density at radius 3 is 3.17 bits per heavy atom. The van der Waals surface area contributed by atoms with Gasteiger partial charge in [0.2, 0.25) is 0 Å². The maximum atomic E-state index is 5.33. The quantitative estimate of drug-likeness (QED) is 0.853. The fourth-order valence-corrected chi connectivity index (χ4v) is 3.42. The van der Waals surface area contributed by atoms with Crippen LogP contribution in [0.3, 0.4) is 0 Å². The van der Waals surface area contributed by atoms with Crippen molar-refractivity contribution in [1.82, 2.24) is 10.3 Å². The van der Waals surface area contributed by atoms with Gasteiger partial charge in [0.25, 0.3) is 0 Å². The van der Waals surface area contributed by atoms with E-state index in [0.717, 1.165) is 22.8 Å². The minimum Gasteiger partial charge on any atom is -0.494 e. The molecule has 1 saturated heterocycles. The van der Waals surface area contributed by atoms with Gasteiger partial charge < -0.3 is 10.1 Å². The van der Waals surface area contributed by atoms with E-state index in [1.54, 1.807) is 7.11 Å². The van der Waals surface area contributed by atoms with Crippen LogP contribution in [0.5, 0.6) is 5.75 Å². The monoisotopic (exact) mass is 308 g/mol. The number of halogens is 1. The van der Waals surface area contributed by atoms with Gasteiger partial charge in [-0.05, 0) is 59.3 Å². The lowest BCUT2D eigenvalue weighted by molar-refractivity contribution is 0.409. The molecule has 1 aliphatic carbocycles. The van der Waals surface area contributed by atoms with Crippen molar-refractivity contribution in [3.05, 3.63) is 28.5 Å². The molecule has 0 aromatic carbocycles. The highest BCUT2D eigenvalue weighted by Crippen LogP contribution is 2.37. The van der Waals surface area contributed by atoms with E-state index in [9.17, 15) is 0 Å². The van der Waals surface area contributed by atoms with Crippen molar-refractivity contribution in [1.29, 1.82) is 0 Å². The molecule has 4 heteroatoms. The fourth-order valence-electron chi connectivity index (χ4n) is 3.04. The lowest BCUT2D eigenvalue weighted by Gasteiger charge is -2.27. The molecular formula is C14H17BrN2O. The lowest BCUT2D eigenvalue weighted by Crippen LogP contribution is -2.30. The zero-order chi connectivity index (χ0) is 12.5. The predicted octanol–water partition coefficient (Wildman–Crippen LogP) is 3.01. The van der Waals surface area contributed by atoms with E-state index in [2.05, 4.69) is 38.4 Å². The number of pyridine rings is 1. The van der Waals surface area contributed by atoms with Gasteiger partial charge in [-0.2, -0.15) is 0 Å². The van der Waals surface area contributed by atoms with Gasteiger partial charge in [-0.3, -0.25) is 0 Å². The Labute approximate surface area is 116 Å². The van der Waals surface area contributed by atoms with Crippen LogP contribution in [-0.4, -0.2) is 24.7 Å². The molecule has 2 atom stereocenters. The third-order valence-electron chi connectivity index (χ3n) is 3.95. The SMILES string of the molecule is COc1cc(C2=CCCC3CCNC23)cnc1Br. The molecule has 2 heterocycles. The molecule has 0 radical (unpaired) electrons. The van der Waals surface area contributed by atoms with E-state index >= 15 is 0 Å². The molecule has 0 bridgehead atoms. The Morgan fingerprint density at radius 1 is 1.44 bits per heavy atom. The summed E-state index contributed by atoms with van der Waals surface area (Å²) in [6.45, 7) is 1.13. The molecule has 1 fully saturated rings. The number of allylic oxidation sites excluding steroid dienone is 1. The molecule has 96 valence electrons. The summed E-state index contributed by atoms with van der Waals surface area (Å²) in [7, 11) is 1.68. The van der Waals surface area contributed by atoms with Crippen LogP contribution in [0.4, 0.5) is 0 Å². The van der Waals surface area contributed by atoms with E-state index in [0.29, 0.717) is 6.04 Å². The molecule has 1 aliphatic heterocycles. The van der Waals surface area contributed by atoms with Crippen molar-refractivity contribution in [2.75, 3.05) is 13.7 Å². The number of hydrogen-bond acceptors (Lipinski definition) is 3. The van der Waals surface area contributed by atoms with Crippen molar-refractivity contribution in [2.45, 2.75) is 25.3 Å². The molecule has 1 N–H and O–H groups in total. The first-order valence-corrected chi connectivity index (χ1v) is 7.22. The number of fused-ring (bicyclic) bond motifs is 1. The summed E-state index contributed by atoms with van der Waals surface area (Å²) in [5.74, 6) is 1.59. The van der Waals surface area contributed by atoms with Crippen molar-refractivity contribution in [3.63, 3.8) is 0 Å². The summed E-state index contributed by atoms with van der Waals surface area (Å²) in [4.78, 5) is 4.36. The smallest absolute Gasteiger partial charge is 0.152 e. The molecule has 1 aromatic heterocycles. The Kier molecular flexibility index (Phi) is 3.39. The largest absolute Gasteiger partial charge is 0.494 e. The molecule has 3 nitrogen and oxygen atoms in total. The summed E-state index contributed by atoms with van der Waals surface area (Å²) >= 11 is 3.40. The van der Waals surface area contributed by atoms with Crippen molar-refractivity contribution < 1.29 is 4.74 Å². The predicted molar refractivity (Wildman–Crippen MR) is 75.6 cm³/mol. The molecule has 0 spiro atoms. The van der Waals surface area contributed by atoms with Crippen LogP contribution in [0, 0.1) is 5.92 Å². The molecule has 0 amide bonds. The number of ether oxygens (including phenoxy) is 1. The zero-order valence-electron chi connectivity index (χ0n) is 10.4. The van der Waals surface area contributed by atoms with E-state index < -0.39 is 0 Å². The Bertz CT molecular complexity index is 487. The minimum atomic E-state index is 0.506. The lowest BCUT2D eigenvalue weighted by atomic mass is 9.82. The number of rotatable bonds is 2. The minimum absolute atomic E-state index is 0.506. The molecule has 0 saturated carbocycles. The second-order valence-corrected chi connectivity index (χ2v) is 5.69. The first kappa shape index (κ1) is 12.2. The maximum Gasteiger partial charge on any atom is 0.152 e. The Balaban J connectivity index is 1.96. The van der Waals surface area contributed by atoms with Crippen LogP contribution < -0.4 is 10.1 Å². The van der Waals surface area contributed by atoms with Gasteiger partial charge in [0.15, 0.2) is 5.75 Å². The maximum absolute atomic E-state index is 5.33. The van der Waals surface area contributed by atoms with Crippen molar-refractivity contribution in [3.8, 4) is 5.75 Å². The van der Waals surface area contributed by atoms with Crippen molar-refractivity contribution >= 4 is 21.5 Å². The zero-order valence-corrected chi connectivity index (χ0v) is 12.0. The summed E-state index contributed by atoms with van der Waals surface area (Å²) < 4.78 is 6.10. The van der Waals surface area contributed by atoms with Crippen molar-refractivity contribution in [2.24, 2.45) is 5.92 Å². The second kappa shape index (κ2) is 5.02. The van der Waals surface area contributed by atoms with E-state index in [-0.39, 0.29) is 0 Å². The first-order valence-electron chi connectivity index (χ1n) is 6.43. The third-order valence-corrected chi connectivity index (χ3v) is 4.54. The van der Waals surface area contributed by atoms with E-state index in [4.69, 9.17) is 4.74 Å². The molecule has 2 aliphatic rings. The molecule has 2 unspecified atom stereocenters. The van der Waals surface area contributed by atoms with Crippen LogP contribution >= 0.6 is 15.9 Å². The fraction of sp³-hybridized carbons (Fsp3) is 0.500. The Morgan fingerprint density at radius 2 is 2.33 bits per heavy atom. The molecule has 1 aromatic rings.